The molecule has 0 amide bonds. The van der Waals surface area contributed by atoms with Crippen molar-refractivity contribution in [1.82, 2.24) is 0 Å². The Morgan fingerprint density at radius 3 is 2.58 bits per heavy atom. The smallest absolute Gasteiger partial charge is 0.361 e. The molecule has 1 N–H and O–H groups in total. The van der Waals surface area contributed by atoms with Crippen LogP contribution < -0.4 is 0 Å². The van der Waals surface area contributed by atoms with Crippen molar-refractivity contribution in [2.75, 3.05) is 0 Å². The van der Waals surface area contributed by atoms with Crippen LogP contribution in [0.3, 0.4) is 0 Å². The van der Waals surface area contributed by atoms with Crippen LogP contribution in [0.1, 0.15) is 42.7 Å². The van der Waals surface area contributed by atoms with Gasteiger partial charge in [0.25, 0.3) is 0 Å². The molecular formula is C14H15F3O2. The van der Waals surface area contributed by atoms with Crippen LogP contribution in [-0.4, -0.2) is 11.5 Å². The monoisotopic (exact) mass is 272 g/mol. The number of alkyl halides is 3. The lowest BCUT2D eigenvalue weighted by Gasteiger charge is -2.36. The molecule has 0 aromatic heterocycles. The number of hydrogen-bond acceptors (Lipinski definition) is 2. The lowest BCUT2D eigenvalue weighted by atomic mass is 9.78. The van der Waals surface area contributed by atoms with Gasteiger partial charge < -0.3 is 5.11 Å². The number of hydrogen-bond donors (Lipinski definition) is 1. The second-order valence-electron chi connectivity index (χ2n) is 5.33. The molecule has 1 fully saturated rings. The third kappa shape index (κ3) is 2.05. The Bertz CT molecular complexity index is 486. The summed E-state index contributed by atoms with van der Waals surface area (Å²) in [6.07, 6.45) is -1.65. The maximum atomic E-state index is 12.6. The maximum absolute atomic E-state index is 12.6. The molecule has 1 aromatic carbocycles. The lowest BCUT2D eigenvalue weighted by Crippen LogP contribution is -2.41. The summed E-state index contributed by atoms with van der Waals surface area (Å²) in [7, 11) is 0. The standard InChI is InChI=1S/C14H15F3O2/c15-14(16,17)19-13(18)11-7-3-1-5-9(11)10-6-2-4-8-12(10)13/h1,3,5,7,10,12,18H,2,4,6,8H2. The van der Waals surface area contributed by atoms with Gasteiger partial charge in [0, 0.05) is 11.5 Å². The topological polar surface area (TPSA) is 29.5 Å². The van der Waals surface area contributed by atoms with E-state index in [9.17, 15) is 18.3 Å². The number of fused-ring (bicyclic) bond motifs is 3. The van der Waals surface area contributed by atoms with Crippen molar-refractivity contribution in [2.45, 2.75) is 43.8 Å². The number of halogens is 3. The van der Waals surface area contributed by atoms with E-state index in [-0.39, 0.29) is 11.5 Å². The van der Waals surface area contributed by atoms with E-state index < -0.39 is 18.1 Å². The second-order valence-corrected chi connectivity index (χ2v) is 5.33. The van der Waals surface area contributed by atoms with Gasteiger partial charge in [0.1, 0.15) is 0 Å². The highest BCUT2D eigenvalue weighted by Gasteiger charge is 2.57. The first kappa shape index (κ1) is 12.9. The van der Waals surface area contributed by atoms with Crippen LogP contribution in [0.5, 0.6) is 0 Å². The molecule has 2 aliphatic carbocycles. The van der Waals surface area contributed by atoms with E-state index in [0.29, 0.717) is 6.42 Å². The first-order valence-electron chi connectivity index (χ1n) is 6.50. The maximum Gasteiger partial charge on any atom is 0.525 e. The van der Waals surface area contributed by atoms with Gasteiger partial charge in [0.05, 0.1) is 0 Å². The van der Waals surface area contributed by atoms with Gasteiger partial charge in [-0.25, -0.2) is 0 Å². The largest absolute Gasteiger partial charge is 0.525 e. The van der Waals surface area contributed by atoms with Crippen LogP contribution in [0.25, 0.3) is 0 Å². The van der Waals surface area contributed by atoms with Gasteiger partial charge in [0.15, 0.2) is 0 Å². The predicted molar refractivity (Wildman–Crippen MR) is 62.2 cm³/mol. The van der Waals surface area contributed by atoms with E-state index in [1.165, 1.54) is 0 Å². The summed E-state index contributed by atoms with van der Waals surface area (Å²) in [4.78, 5) is 0. The van der Waals surface area contributed by atoms with E-state index in [1.807, 2.05) is 0 Å². The zero-order valence-corrected chi connectivity index (χ0v) is 10.3. The van der Waals surface area contributed by atoms with Gasteiger partial charge in [-0.2, -0.15) is 0 Å². The Morgan fingerprint density at radius 2 is 1.84 bits per heavy atom. The van der Waals surface area contributed by atoms with Crippen molar-refractivity contribution in [3.63, 3.8) is 0 Å². The molecule has 3 rings (SSSR count). The lowest BCUT2D eigenvalue weighted by molar-refractivity contribution is -0.427. The second kappa shape index (κ2) is 4.21. The Morgan fingerprint density at radius 1 is 1.16 bits per heavy atom. The van der Waals surface area contributed by atoms with Crippen LogP contribution in [0.2, 0.25) is 0 Å². The molecule has 0 spiro atoms. The van der Waals surface area contributed by atoms with Gasteiger partial charge >= 0.3 is 6.36 Å². The molecule has 1 saturated carbocycles. The molecule has 0 radical (unpaired) electrons. The summed E-state index contributed by atoms with van der Waals surface area (Å²) in [5, 5.41) is 10.5. The van der Waals surface area contributed by atoms with Gasteiger partial charge in [0.2, 0.25) is 5.79 Å². The number of aliphatic hydroxyl groups is 1. The average Bonchev–Trinajstić information content (AvgIpc) is 2.59. The first-order chi connectivity index (χ1) is 8.92. The minimum Gasteiger partial charge on any atom is -0.361 e. The van der Waals surface area contributed by atoms with Crippen molar-refractivity contribution in [3.8, 4) is 0 Å². The Balaban J connectivity index is 2.07. The third-order valence-corrected chi connectivity index (χ3v) is 4.29. The van der Waals surface area contributed by atoms with E-state index in [4.69, 9.17) is 0 Å². The number of benzene rings is 1. The molecule has 3 atom stereocenters. The molecule has 1 aromatic rings. The number of ether oxygens (including phenoxy) is 1. The molecule has 0 aliphatic heterocycles. The highest BCUT2D eigenvalue weighted by atomic mass is 19.4. The van der Waals surface area contributed by atoms with Crippen molar-refractivity contribution < 1.29 is 23.0 Å². The fourth-order valence-corrected chi connectivity index (χ4v) is 3.62. The molecule has 3 unspecified atom stereocenters. The minimum atomic E-state index is -4.84. The Labute approximate surface area is 109 Å². The zero-order chi connectivity index (χ0) is 13.7. The fourth-order valence-electron chi connectivity index (χ4n) is 3.62. The van der Waals surface area contributed by atoms with Crippen LogP contribution >= 0.6 is 0 Å². The molecule has 0 saturated heterocycles. The van der Waals surface area contributed by atoms with Gasteiger partial charge in [-0.1, -0.05) is 37.1 Å². The summed E-state index contributed by atoms with van der Waals surface area (Å²) < 4.78 is 42.0. The fraction of sp³-hybridized carbons (Fsp3) is 0.571. The first-order valence-corrected chi connectivity index (χ1v) is 6.50. The average molecular weight is 272 g/mol. The highest BCUT2D eigenvalue weighted by Crippen LogP contribution is 2.57. The molecule has 5 heteroatoms. The Kier molecular flexibility index (Phi) is 2.87. The molecular weight excluding hydrogens is 257 g/mol. The van der Waals surface area contributed by atoms with Gasteiger partial charge in [-0.3, -0.25) is 4.74 Å². The molecule has 2 aliphatic rings. The molecule has 0 heterocycles. The van der Waals surface area contributed by atoms with Gasteiger partial charge in [-0.05, 0) is 24.3 Å². The summed E-state index contributed by atoms with van der Waals surface area (Å²) in [6.45, 7) is 0. The van der Waals surface area contributed by atoms with Crippen LogP contribution in [0.4, 0.5) is 13.2 Å². The summed E-state index contributed by atoms with van der Waals surface area (Å²) in [6, 6.07) is 6.78. The van der Waals surface area contributed by atoms with Crippen molar-refractivity contribution in [2.24, 2.45) is 5.92 Å². The van der Waals surface area contributed by atoms with E-state index in [2.05, 4.69) is 4.74 Å². The van der Waals surface area contributed by atoms with Crippen LogP contribution in [-0.2, 0) is 10.5 Å². The SMILES string of the molecule is OC1(OC(F)(F)F)c2ccccc2C2CCCCC21. The molecule has 0 bridgehead atoms. The molecule has 104 valence electrons. The summed E-state index contributed by atoms with van der Waals surface area (Å²) in [5.41, 5.74) is 1.09. The quantitative estimate of drug-likeness (QED) is 0.791. The third-order valence-electron chi connectivity index (χ3n) is 4.29. The molecule has 19 heavy (non-hydrogen) atoms. The van der Waals surface area contributed by atoms with Crippen molar-refractivity contribution >= 4 is 0 Å². The highest BCUT2D eigenvalue weighted by molar-refractivity contribution is 5.41. The van der Waals surface area contributed by atoms with E-state index >= 15 is 0 Å². The van der Waals surface area contributed by atoms with Crippen LogP contribution in [0.15, 0.2) is 24.3 Å². The van der Waals surface area contributed by atoms with E-state index in [1.54, 1.807) is 24.3 Å². The summed E-state index contributed by atoms with van der Waals surface area (Å²) in [5.74, 6) is -2.75. The van der Waals surface area contributed by atoms with Crippen molar-refractivity contribution in [3.05, 3.63) is 35.4 Å². The zero-order valence-electron chi connectivity index (χ0n) is 10.3. The number of rotatable bonds is 1. The predicted octanol–water partition coefficient (Wildman–Crippen LogP) is 3.66. The van der Waals surface area contributed by atoms with E-state index in [0.717, 1.165) is 24.8 Å². The normalized spacial score (nSPS) is 33.9. The minimum absolute atomic E-state index is 0.0303. The van der Waals surface area contributed by atoms with Gasteiger partial charge in [-0.15, -0.1) is 13.2 Å². The molecule has 2 nitrogen and oxygen atoms in total. The van der Waals surface area contributed by atoms with Crippen LogP contribution in [0, 0.1) is 5.92 Å². The van der Waals surface area contributed by atoms with Crippen molar-refractivity contribution in [1.29, 1.82) is 0 Å². The Hall–Kier alpha value is -1.07. The summed E-state index contributed by atoms with van der Waals surface area (Å²) >= 11 is 0.